The summed E-state index contributed by atoms with van der Waals surface area (Å²) in [6, 6.07) is 11.5. The van der Waals surface area contributed by atoms with Gasteiger partial charge in [0.15, 0.2) is 17.0 Å². The van der Waals surface area contributed by atoms with Crippen LogP contribution in [0.2, 0.25) is 0 Å². The molecule has 0 unspecified atom stereocenters. The number of carbonyl (C=O) groups is 2. The second kappa shape index (κ2) is 11.1. The van der Waals surface area contributed by atoms with Gasteiger partial charge in [-0.1, -0.05) is 25.5 Å². The van der Waals surface area contributed by atoms with E-state index in [4.69, 9.17) is 19.2 Å². The average Bonchev–Trinajstić information content (AvgIpc) is 2.91. The Balaban J connectivity index is 2.11. The number of nitrogens with zero attached hydrogens (tertiary/aromatic N) is 4. The van der Waals surface area contributed by atoms with Gasteiger partial charge in [-0.2, -0.15) is 4.99 Å². The first-order valence-electron chi connectivity index (χ1n) is 12.0. The molecule has 0 aliphatic heterocycles. The highest BCUT2D eigenvalue weighted by atomic mass is 16.5. The number of para-hydroxylation sites is 1. The summed E-state index contributed by atoms with van der Waals surface area (Å²) in [5.74, 6) is -0.757. The molecule has 0 N–H and O–H groups in total. The second-order valence-electron chi connectivity index (χ2n) is 8.15. The van der Waals surface area contributed by atoms with E-state index in [9.17, 15) is 14.4 Å². The van der Waals surface area contributed by atoms with Crippen LogP contribution in [0.25, 0.3) is 16.7 Å². The molecule has 37 heavy (non-hydrogen) atoms. The van der Waals surface area contributed by atoms with Crippen LogP contribution >= 0.6 is 0 Å². The van der Waals surface area contributed by atoms with Crippen molar-refractivity contribution in [1.29, 1.82) is 0 Å². The van der Waals surface area contributed by atoms with E-state index >= 15 is 0 Å². The van der Waals surface area contributed by atoms with Crippen molar-refractivity contribution in [3.8, 4) is 11.5 Å². The molecule has 0 aliphatic carbocycles. The summed E-state index contributed by atoms with van der Waals surface area (Å²) < 4.78 is 19.1. The van der Waals surface area contributed by atoms with Gasteiger partial charge in [-0.15, -0.1) is 0 Å². The van der Waals surface area contributed by atoms with Crippen LogP contribution in [0, 0.1) is 0 Å². The van der Waals surface area contributed by atoms with Crippen molar-refractivity contribution in [2.75, 3.05) is 20.8 Å². The third-order valence-corrected chi connectivity index (χ3v) is 5.86. The Kier molecular flexibility index (Phi) is 7.66. The molecule has 4 rings (SSSR count). The summed E-state index contributed by atoms with van der Waals surface area (Å²) in [4.78, 5) is 49.0. The number of rotatable bonds is 8. The van der Waals surface area contributed by atoms with Crippen LogP contribution in [0.15, 0.2) is 58.4 Å². The molecular weight excluding hydrogens is 476 g/mol. The van der Waals surface area contributed by atoms with Crippen LogP contribution in [-0.2, 0) is 11.3 Å². The fourth-order valence-corrected chi connectivity index (χ4v) is 4.10. The molecule has 10 nitrogen and oxygen atoms in total. The monoisotopic (exact) mass is 504 g/mol. The molecule has 3 aromatic heterocycles. The fraction of sp³-hybridized carbons (Fsp3) is 0.296. The molecule has 3 heterocycles. The van der Waals surface area contributed by atoms with Crippen LogP contribution in [0.1, 0.15) is 47.4 Å². The van der Waals surface area contributed by atoms with Crippen molar-refractivity contribution in [3.63, 3.8) is 0 Å². The largest absolute Gasteiger partial charge is 0.493 e. The number of aromatic nitrogens is 3. The summed E-state index contributed by atoms with van der Waals surface area (Å²) in [6.07, 6.45) is 3.13. The normalized spacial score (nSPS) is 11.6. The number of aryl methyl sites for hydroxylation is 1. The lowest BCUT2D eigenvalue weighted by molar-refractivity contribution is 0.0523. The maximum absolute atomic E-state index is 13.5. The Bertz CT molecular complexity index is 1620. The first-order valence-corrected chi connectivity index (χ1v) is 12.0. The molecule has 4 aromatic rings. The van der Waals surface area contributed by atoms with E-state index in [0.717, 1.165) is 6.42 Å². The number of carbonyl (C=O) groups excluding carboxylic acids is 2. The minimum Gasteiger partial charge on any atom is -0.493 e. The Morgan fingerprint density at radius 1 is 1.03 bits per heavy atom. The number of hydrogen-bond donors (Lipinski definition) is 0. The van der Waals surface area contributed by atoms with E-state index in [1.54, 1.807) is 54.1 Å². The summed E-state index contributed by atoms with van der Waals surface area (Å²) in [5, 5.41) is 0.216. The molecule has 0 saturated heterocycles. The lowest BCUT2D eigenvalue weighted by Crippen LogP contribution is -2.33. The highest BCUT2D eigenvalue weighted by Crippen LogP contribution is 2.31. The fourth-order valence-electron chi connectivity index (χ4n) is 4.10. The molecule has 192 valence electrons. The van der Waals surface area contributed by atoms with Gasteiger partial charge >= 0.3 is 5.97 Å². The third-order valence-electron chi connectivity index (χ3n) is 5.86. The van der Waals surface area contributed by atoms with Gasteiger partial charge in [-0.3, -0.25) is 14.0 Å². The summed E-state index contributed by atoms with van der Waals surface area (Å²) >= 11 is 0. The minimum absolute atomic E-state index is 0.00422. The molecule has 1 amide bonds. The van der Waals surface area contributed by atoms with E-state index in [2.05, 4.69) is 4.99 Å². The second-order valence-corrected chi connectivity index (χ2v) is 8.15. The molecule has 0 fully saturated rings. The van der Waals surface area contributed by atoms with Gasteiger partial charge in [0.1, 0.15) is 16.9 Å². The molecule has 10 heteroatoms. The lowest BCUT2D eigenvalue weighted by atomic mass is 10.1. The van der Waals surface area contributed by atoms with Gasteiger partial charge in [0.2, 0.25) is 0 Å². The number of pyridine rings is 2. The van der Waals surface area contributed by atoms with E-state index < -0.39 is 11.9 Å². The summed E-state index contributed by atoms with van der Waals surface area (Å²) in [5.41, 5.74) is 0.619. The predicted octanol–water partition coefficient (Wildman–Crippen LogP) is 3.38. The first kappa shape index (κ1) is 25.6. The standard InChI is InChI=1S/C27H28N4O6/c1-5-7-14-31-23-18(26(33)30-15-9-8-13-21(30)28-23)16-19(27(34)37-6-2)24(31)29-25(32)17-11-10-12-20(35-3)22(17)36-4/h8-13,15-16H,5-7,14H2,1-4H3. The molecular formula is C27H28N4O6. The van der Waals surface area contributed by atoms with Crippen molar-refractivity contribution < 1.29 is 23.8 Å². The number of fused-ring (bicyclic) bond motifs is 2. The molecule has 0 saturated carbocycles. The first-order chi connectivity index (χ1) is 17.9. The molecule has 0 bridgehead atoms. The summed E-state index contributed by atoms with van der Waals surface area (Å²) in [7, 11) is 2.90. The molecule has 0 radical (unpaired) electrons. The molecule has 0 atom stereocenters. The van der Waals surface area contributed by atoms with Gasteiger partial charge in [-0.05, 0) is 43.7 Å². The van der Waals surface area contributed by atoms with Gasteiger partial charge in [0.25, 0.3) is 11.5 Å². The maximum Gasteiger partial charge on any atom is 0.341 e. The lowest BCUT2D eigenvalue weighted by Gasteiger charge is -2.15. The van der Waals surface area contributed by atoms with Gasteiger partial charge in [0.05, 0.1) is 31.8 Å². The highest BCUT2D eigenvalue weighted by molar-refractivity contribution is 5.99. The quantitative estimate of drug-likeness (QED) is 0.267. The van der Waals surface area contributed by atoms with E-state index in [1.165, 1.54) is 24.7 Å². The molecule has 0 aliphatic rings. The number of unbranched alkanes of at least 4 members (excludes halogenated alkanes) is 1. The highest BCUT2D eigenvalue weighted by Gasteiger charge is 2.22. The topological polar surface area (TPSA) is 113 Å². The van der Waals surface area contributed by atoms with E-state index in [-0.39, 0.29) is 39.9 Å². The number of amides is 1. The van der Waals surface area contributed by atoms with Crippen molar-refractivity contribution in [2.24, 2.45) is 4.99 Å². The van der Waals surface area contributed by atoms with Gasteiger partial charge < -0.3 is 18.8 Å². The molecule has 0 spiro atoms. The van der Waals surface area contributed by atoms with Crippen molar-refractivity contribution in [1.82, 2.24) is 14.0 Å². The van der Waals surface area contributed by atoms with E-state index in [1.807, 2.05) is 6.92 Å². The maximum atomic E-state index is 13.5. The van der Waals surface area contributed by atoms with Crippen LogP contribution in [0.5, 0.6) is 11.5 Å². The zero-order chi connectivity index (χ0) is 26.5. The van der Waals surface area contributed by atoms with Crippen LogP contribution in [0.4, 0.5) is 0 Å². The summed E-state index contributed by atoms with van der Waals surface area (Å²) in [6.45, 7) is 4.17. The van der Waals surface area contributed by atoms with Crippen LogP contribution < -0.4 is 20.5 Å². The van der Waals surface area contributed by atoms with Crippen LogP contribution in [0.3, 0.4) is 0 Å². The number of methoxy groups -OCH3 is 2. The number of ether oxygens (including phenoxy) is 3. The smallest absolute Gasteiger partial charge is 0.341 e. The zero-order valence-electron chi connectivity index (χ0n) is 21.2. The van der Waals surface area contributed by atoms with Gasteiger partial charge in [-0.25, -0.2) is 9.78 Å². The van der Waals surface area contributed by atoms with Gasteiger partial charge in [0, 0.05) is 12.7 Å². The Hall–Kier alpha value is -4.47. The van der Waals surface area contributed by atoms with Crippen LogP contribution in [-0.4, -0.2) is 46.7 Å². The molecule has 1 aromatic carbocycles. The van der Waals surface area contributed by atoms with E-state index in [0.29, 0.717) is 30.0 Å². The predicted molar refractivity (Wildman–Crippen MR) is 137 cm³/mol. The SMILES string of the molecule is CCCCn1c(=NC(=O)c2cccc(OC)c2OC)c(C(=O)OCC)cc2c(=O)n3ccccc3nc21. The number of esters is 1. The Labute approximate surface area is 212 Å². The zero-order valence-corrected chi connectivity index (χ0v) is 21.2. The van der Waals surface area contributed by atoms with Crippen molar-refractivity contribution in [3.05, 3.63) is 75.6 Å². The third kappa shape index (κ3) is 4.82. The van der Waals surface area contributed by atoms with Crippen molar-refractivity contribution >= 4 is 28.6 Å². The van der Waals surface area contributed by atoms with Crippen molar-refractivity contribution in [2.45, 2.75) is 33.2 Å². The Morgan fingerprint density at radius 2 is 1.84 bits per heavy atom. The number of hydrogen-bond acceptors (Lipinski definition) is 7. The Morgan fingerprint density at radius 3 is 2.54 bits per heavy atom. The average molecular weight is 505 g/mol. The minimum atomic E-state index is -0.698. The number of benzene rings is 1.